The summed E-state index contributed by atoms with van der Waals surface area (Å²) in [6.07, 6.45) is 3.47. The van der Waals surface area contributed by atoms with Gasteiger partial charge in [0.05, 0.1) is 13.2 Å². The summed E-state index contributed by atoms with van der Waals surface area (Å²) in [4.78, 5) is 34.4. The Balaban J connectivity index is 0.000000238. The van der Waals surface area contributed by atoms with E-state index in [2.05, 4.69) is 5.32 Å². The Morgan fingerprint density at radius 3 is 2.26 bits per heavy atom. The van der Waals surface area contributed by atoms with Gasteiger partial charge in [0, 0.05) is 6.54 Å². The summed E-state index contributed by atoms with van der Waals surface area (Å²) < 4.78 is 9.64. The monoisotopic (exact) mass is 348 g/mol. The van der Waals surface area contributed by atoms with Crippen molar-refractivity contribution in [3.05, 3.63) is 0 Å². The summed E-state index contributed by atoms with van der Waals surface area (Å²) in [5, 5.41) is 2.49. The molecule has 0 aromatic carbocycles. The number of ether oxygens (including phenoxy) is 2. The number of nitrogens with one attached hydrogen (secondary N) is 1. The molecular weight excluding hydrogens is 324 g/mol. The minimum atomic E-state index is -0.574. The van der Waals surface area contributed by atoms with Crippen LogP contribution in [-0.2, 0) is 19.1 Å². The third-order valence-electron chi connectivity index (χ3n) is 3.67. The molecular formula is C15H25ClN2O5. The zero-order valence-electron chi connectivity index (χ0n) is 13.7. The molecule has 0 aromatic heterocycles. The van der Waals surface area contributed by atoms with Crippen LogP contribution in [0.25, 0.3) is 0 Å². The average Bonchev–Trinajstić information content (AvgIpc) is 3.20. The second kappa shape index (κ2) is 10.4. The van der Waals surface area contributed by atoms with Gasteiger partial charge in [0.2, 0.25) is 0 Å². The molecule has 0 aliphatic carbocycles. The molecule has 2 rings (SSSR count). The zero-order valence-corrected chi connectivity index (χ0v) is 14.4. The predicted octanol–water partition coefficient (Wildman–Crippen LogP) is 1.67. The van der Waals surface area contributed by atoms with Gasteiger partial charge in [-0.1, -0.05) is 0 Å². The maximum atomic E-state index is 11.3. The van der Waals surface area contributed by atoms with E-state index in [0.29, 0.717) is 26.2 Å². The maximum Gasteiger partial charge on any atom is 0.328 e. The smallest absolute Gasteiger partial charge is 0.328 e. The Morgan fingerprint density at radius 2 is 1.74 bits per heavy atom. The fourth-order valence-electron chi connectivity index (χ4n) is 2.59. The van der Waals surface area contributed by atoms with Gasteiger partial charge >= 0.3 is 17.3 Å². The fourth-order valence-corrected chi connectivity index (χ4v) is 2.79. The molecule has 0 saturated carbocycles. The van der Waals surface area contributed by atoms with Crippen LogP contribution in [0.15, 0.2) is 0 Å². The van der Waals surface area contributed by atoms with Crippen LogP contribution in [0.5, 0.6) is 0 Å². The highest BCUT2D eigenvalue weighted by molar-refractivity contribution is 6.63. The van der Waals surface area contributed by atoms with E-state index in [0.717, 1.165) is 25.8 Å². The van der Waals surface area contributed by atoms with Crippen molar-refractivity contribution in [3.8, 4) is 0 Å². The van der Waals surface area contributed by atoms with E-state index in [-0.39, 0.29) is 18.0 Å². The first-order valence-electron chi connectivity index (χ1n) is 8.04. The van der Waals surface area contributed by atoms with Gasteiger partial charge in [0.25, 0.3) is 0 Å². The standard InChI is InChI=1S/C8H12ClNO3.C7H13NO2/c1-2-13-7(11)6-4-3-5-10(6)8(9)12;1-2-10-7(9)6-4-3-5-8-6/h6H,2-5H2,1H3;6,8H,2-5H2,1H3. The second-order valence-corrected chi connectivity index (χ2v) is 5.58. The molecule has 0 aromatic rings. The molecule has 2 atom stereocenters. The van der Waals surface area contributed by atoms with Gasteiger partial charge in [-0.25, -0.2) is 4.79 Å². The molecule has 2 unspecified atom stereocenters. The summed E-state index contributed by atoms with van der Waals surface area (Å²) >= 11 is 5.30. The van der Waals surface area contributed by atoms with Crippen LogP contribution in [0.4, 0.5) is 4.79 Å². The first-order chi connectivity index (χ1) is 11.0. The van der Waals surface area contributed by atoms with Crippen LogP contribution in [0.1, 0.15) is 39.5 Å². The number of rotatable bonds is 4. The lowest BCUT2D eigenvalue weighted by Gasteiger charge is -2.19. The molecule has 2 fully saturated rings. The van der Waals surface area contributed by atoms with Crippen molar-refractivity contribution in [1.82, 2.24) is 10.2 Å². The van der Waals surface area contributed by atoms with E-state index in [9.17, 15) is 14.4 Å². The van der Waals surface area contributed by atoms with Crippen LogP contribution < -0.4 is 5.32 Å². The van der Waals surface area contributed by atoms with Crippen molar-refractivity contribution in [1.29, 1.82) is 0 Å². The molecule has 1 amide bonds. The molecule has 2 heterocycles. The third-order valence-corrected chi connectivity index (χ3v) is 3.89. The van der Waals surface area contributed by atoms with Crippen molar-refractivity contribution in [2.45, 2.75) is 51.6 Å². The minimum Gasteiger partial charge on any atom is -0.465 e. The van der Waals surface area contributed by atoms with Crippen molar-refractivity contribution < 1.29 is 23.9 Å². The molecule has 2 aliphatic rings. The fraction of sp³-hybridized carbons (Fsp3) is 0.800. The van der Waals surface area contributed by atoms with Gasteiger partial charge in [0.1, 0.15) is 12.1 Å². The molecule has 7 nitrogen and oxygen atoms in total. The molecule has 0 bridgehead atoms. The van der Waals surface area contributed by atoms with Gasteiger partial charge in [-0.2, -0.15) is 0 Å². The molecule has 0 radical (unpaired) electrons. The lowest BCUT2D eigenvalue weighted by molar-refractivity contribution is -0.147. The van der Waals surface area contributed by atoms with Gasteiger partial charge in [-0.3, -0.25) is 9.59 Å². The SMILES string of the molecule is CCOC(=O)C1CCCN1.CCOC(=O)C1CCCN1C(=O)Cl. The lowest BCUT2D eigenvalue weighted by atomic mass is 10.2. The second-order valence-electron chi connectivity index (χ2n) is 5.26. The number of hydrogen-bond donors (Lipinski definition) is 1. The number of halogens is 1. The van der Waals surface area contributed by atoms with Crippen molar-refractivity contribution >= 4 is 28.9 Å². The molecule has 2 saturated heterocycles. The van der Waals surface area contributed by atoms with E-state index in [1.165, 1.54) is 4.90 Å². The summed E-state index contributed by atoms with van der Waals surface area (Å²) in [6, 6.07) is -0.495. The molecule has 0 spiro atoms. The van der Waals surface area contributed by atoms with E-state index >= 15 is 0 Å². The Hall–Kier alpha value is -1.34. The number of carbonyl (C=O) groups is 3. The quantitative estimate of drug-likeness (QED) is 0.472. The van der Waals surface area contributed by atoms with Gasteiger partial charge in [-0.15, -0.1) is 0 Å². The first kappa shape index (κ1) is 19.7. The Bertz CT molecular complexity index is 413. The number of likely N-dealkylation sites (tertiary alicyclic amines) is 1. The number of carbonyl (C=O) groups excluding carboxylic acids is 3. The van der Waals surface area contributed by atoms with E-state index in [1.54, 1.807) is 6.92 Å². The van der Waals surface area contributed by atoms with Crippen molar-refractivity contribution in [2.75, 3.05) is 26.3 Å². The van der Waals surface area contributed by atoms with Crippen LogP contribution in [-0.4, -0.2) is 60.6 Å². The topological polar surface area (TPSA) is 84.9 Å². The van der Waals surface area contributed by atoms with Gasteiger partial charge in [0.15, 0.2) is 0 Å². The number of nitrogens with zero attached hydrogens (tertiary/aromatic N) is 1. The minimum absolute atomic E-state index is 0.0278. The lowest BCUT2D eigenvalue weighted by Crippen LogP contribution is -2.38. The molecule has 1 N–H and O–H groups in total. The molecule has 132 valence electrons. The van der Waals surface area contributed by atoms with Gasteiger partial charge in [-0.05, 0) is 57.7 Å². The number of esters is 2. The molecule has 8 heteroatoms. The van der Waals surface area contributed by atoms with E-state index in [1.807, 2.05) is 6.92 Å². The normalized spacial score (nSPS) is 23.0. The Labute approximate surface area is 141 Å². The largest absolute Gasteiger partial charge is 0.465 e. The Morgan fingerprint density at radius 1 is 1.09 bits per heavy atom. The predicted molar refractivity (Wildman–Crippen MR) is 85.3 cm³/mol. The first-order valence-corrected chi connectivity index (χ1v) is 8.41. The van der Waals surface area contributed by atoms with Crippen LogP contribution in [0.3, 0.4) is 0 Å². The summed E-state index contributed by atoms with van der Waals surface area (Å²) in [5.74, 6) is -0.450. The summed E-state index contributed by atoms with van der Waals surface area (Å²) in [5.41, 5.74) is 0. The highest BCUT2D eigenvalue weighted by Crippen LogP contribution is 2.20. The van der Waals surface area contributed by atoms with Crippen molar-refractivity contribution in [3.63, 3.8) is 0 Å². The van der Waals surface area contributed by atoms with Crippen LogP contribution >= 0.6 is 11.6 Å². The highest BCUT2D eigenvalue weighted by Gasteiger charge is 2.34. The van der Waals surface area contributed by atoms with E-state index < -0.39 is 11.4 Å². The summed E-state index contributed by atoms with van der Waals surface area (Å²) in [7, 11) is 0. The van der Waals surface area contributed by atoms with E-state index in [4.69, 9.17) is 21.1 Å². The average molecular weight is 349 g/mol. The highest BCUT2D eigenvalue weighted by atomic mass is 35.5. The maximum absolute atomic E-state index is 11.3. The third kappa shape index (κ3) is 6.35. The molecule has 23 heavy (non-hydrogen) atoms. The van der Waals surface area contributed by atoms with Crippen LogP contribution in [0, 0.1) is 0 Å². The number of amides is 1. The van der Waals surface area contributed by atoms with Crippen LogP contribution in [0.2, 0.25) is 0 Å². The summed E-state index contributed by atoms with van der Waals surface area (Å²) in [6.45, 7) is 5.87. The Kier molecular flexibility index (Phi) is 8.94. The van der Waals surface area contributed by atoms with Crippen molar-refractivity contribution in [2.24, 2.45) is 0 Å². The molecule has 2 aliphatic heterocycles. The zero-order chi connectivity index (χ0) is 17.2. The van der Waals surface area contributed by atoms with Gasteiger partial charge < -0.3 is 19.7 Å². The number of hydrogen-bond acceptors (Lipinski definition) is 6.